The van der Waals surface area contributed by atoms with Gasteiger partial charge in [-0.3, -0.25) is 0 Å². The molecule has 0 unspecified atom stereocenters. The predicted molar refractivity (Wildman–Crippen MR) is 185 cm³/mol. The van der Waals surface area contributed by atoms with Crippen LogP contribution in [0.1, 0.15) is 66.8 Å². The van der Waals surface area contributed by atoms with Crippen LogP contribution in [0.5, 0.6) is 0 Å². The summed E-state index contributed by atoms with van der Waals surface area (Å²) in [7, 11) is 0. The third-order valence-electron chi connectivity index (χ3n) is 10.6. The molecule has 0 amide bonds. The number of nitrogens with zero attached hydrogens (tertiary/aromatic N) is 6. The van der Waals surface area contributed by atoms with E-state index in [4.69, 9.17) is 0 Å². The third-order valence-corrected chi connectivity index (χ3v) is 10.6. The van der Waals surface area contributed by atoms with Gasteiger partial charge in [-0.25, -0.2) is 0 Å². The number of allylic oxidation sites excluding steroid dienone is 3. The maximum atomic E-state index is 14.7. The Balaban J connectivity index is 1.96. The Labute approximate surface area is 353 Å². The SMILES string of the molecule is N#CC(C#N)=C1c2cc(C(F)(F)F)c(C(F)(F)F)cc2-c2c1c1c(c3c2C(=C(C#N)C#N)c2cc(C(F)(F)F)c(C(F)(F)F)cc2-3)C(=C(C#N)C#N)c2cc(C(F)(F)F)c(C(F)(F)F)cc2-1. The summed E-state index contributed by atoms with van der Waals surface area (Å²) in [5, 5.41) is 60.9. The van der Waals surface area contributed by atoms with Crippen LogP contribution in [-0.4, -0.2) is 0 Å². The van der Waals surface area contributed by atoms with Crippen molar-refractivity contribution < 1.29 is 79.0 Å². The lowest BCUT2D eigenvalue weighted by atomic mass is 9.82. The van der Waals surface area contributed by atoms with Crippen LogP contribution >= 0.6 is 0 Å². The van der Waals surface area contributed by atoms with Crippen molar-refractivity contribution in [3.05, 3.63) is 120 Å². The van der Waals surface area contributed by atoms with E-state index in [-0.39, 0.29) is 36.4 Å². The molecule has 3 aliphatic rings. The first kappa shape index (κ1) is 45.8. The highest BCUT2D eigenvalue weighted by molar-refractivity contribution is 6.25. The Bertz CT molecular complexity index is 2900. The molecule has 0 radical (unpaired) electrons. The van der Waals surface area contributed by atoms with Gasteiger partial charge in [0.2, 0.25) is 0 Å². The molecule has 0 aromatic heterocycles. The standard InChI is InChI=1S/C42H6F18N6/c43-37(44,45)22-1-16-19(4-25(22)40(52,53)54)31-34(28(16)13(7-61)8-62)32-20-5-26(41(55,56)57)23(38(46,47)48)2-17(20)30(15(11-65)12-66)36(32)33-21-6-27(42(58,59)60)24(39(49,50)51)3-18(21)29(35(31)33)14(9-63)10-64/h1-6H. The van der Waals surface area contributed by atoms with E-state index in [2.05, 4.69) is 0 Å². The minimum atomic E-state index is -6.04. The second-order valence-corrected chi connectivity index (χ2v) is 14.0. The van der Waals surface area contributed by atoms with Gasteiger partial charge in [0.15, 0.2) is 0 Å². The number of alkyl halides is 18. The largest absolute Gasteiger partial charge is 0.417 e. The van der Waals surface area contributed by atoms with Crippen LogP contribution in [0.15, 0.2) is 53.1 Å². The molecule has 0 saturated heterocycles. The van der Waals surface area contributed by atoms with E-state index >= 15 is 0 Å². The zero-order valence-electron chi connectivity index (χ0n) is 31.0. The normalized spacial score (nSPS) is 13.7. The van der Waals surface area contributed by atoms with E-state index in [1.807, 2.05) is 0 Å². The lowest BCUT2D eigenvalue weighted by molar-refractivity contribution is -0.162. The quantitative estimate of drug-likeness (QED) is 0.109. The fourth-order valence-corrected chi connectivity index (χ4v) is 8.35. The van der Waals surface area contributed by atoms with Crippen molar-refractivity contribution in [1.29, 1.82) is 31.6 Å². The van der Waals surface area contributed by atoms with Gasteiger partial charge in [0.1, 0.15) is 53.1 Å². The topological polar surface area (TPSA) is 143 Å². The van der Waals surface area contributed by atoms with Crippen LogP contribution in [0.2, 0.25) is 0 Å². The van der Waals surface area contributed by atoms with E-state index < -0.39 is 171 Å². The second-order valence-electron chi connectivity index (χ2n) is 14.0. The summed E-state index contributed by atoms with van der Waals surface area (Å²) < 4.78 is 263. The van der Waals surface area contributed by atoms with Gasteiger partial charge >= 0.3 is 37.1 Å². The maximum absolute atomic E-state index is 14.7. The smallest absolute Gasteiger partial charge is 0.192 e. The Morgan fingerprint density at radius 3 is 0.545 bits per heavy atom. The maximum Gasteiger partial charge on any atom is 0.417 e. The van der Waals surface area contributed by atoms with Crippen molar-refractivity contribution in [2.24, 2.45) is 0 Å². The molecule has 4 aromatic carbocycles. The first-order chi connectivity index (χ1) is 30.3. The van der Waals surface area contributed by atoms with Gasteiger partial charge in [0.05, 0.1) is 33.4 Å². The lowest BCUT2D eigenvalue weighted by Crippen LogP contribution is -2.17. The predicted octanol–water partition coefficient (Wildman–Crippen LogP) is 13.3. The van der Waals surface area contributed by atoms with Crippen molar-refractivity contribution in [1.82, 2.24) is 0 Å². The summed E-state index contributed by atoms with van der Waals surface area (Å²) >= 11 is 0. The number of hydrogen-bond donors (Lipinski definition) is 0. The second kappa shape index (κ2) is 14.1. The van der Waals surface area contributed by atoms with E-state index in [1.165, 1.54) is 36.4 Å². The number of fused-ring (bicyclic) bond motifs is 12. The molecule has 6 nitrogen and oxygen atoms in total. The molecule has 0 saturated carbocycles. The van der Waals surface area contributed by atoms with Crippen molar-refractivity contribution in [3.8, 4) is 69.8 Å². The van der Waals surface area contributed by atoms with Gasteiger partial charge in [0.25, 0.3) is 0 Å². The molecular formula is C42H6F18N6. The Hall–Kier alpha value is -8.22. The van der Waals surface area contributed by atoms with Gasteiger partial charge in [-0.1, -0.05) is 0 Å². The minimum Gasteiger partial charge on any atom is -0.192 e. The molecule has 24 heteroatoms. The molecule has 0 fully saturated rings. The number of halogens is 18. The molecule has 0 aliphatic heterocycles. The molecule has 4 aromatic rings. The summed E-state index contributed by atoms with van der Waals surface area (Å²) in [4.78, 5) is 0. The van der Waals surface area contributed by atoms with Crippen LogP contribution in [0, 0.1) is 68.0 Å². The molecule has 0 bridgehead atoms. The summed E-state index contributed by atoms with van der Waals surface area (Å²) in [5.41, 5.74) is -38.4. The van der Waals surface area contributed by atoms with E-state index in [0.29, 0.717) is 0 Å². The van der Waals surface area contributed by atoms with E-state index in [0.717, 1.165) is 0 Å². The highest BCUT2D eigenvalue weighted by atomic mass is 19.4. The highest BCUT2D eigenvalue weighted by Crippen LogP contribution is 2.67. The average molecular weight is 937 g/mol. The molecular weight excluding hydrogens is 930 g/mol. The van der Waals surface area contributed by atoms with Gasteiger partial charge < -0.3 is 0 Å². The summed E-state index contributed by atoms with van der Waals surface area (Å²) in [6, 6.07) is 5.33. The molecule has 3 aliphatic carbocycles. The zero-order valence-corrected chi connectivity index (χ0v) is 31.0. The lowest BCUT2D eigenvalue weighted by Gasteiger charge is -2.20. The van der Waals surface area contributed by atoms with Crippen LogP contribution in [0.4, 0.5) is 79.0 Å². The van der Waals surface area contributed by atoms with Gasteiger partial charge in [-0.2, -0.15) is 111 Å². The van der Waals surface area contributed by atoms with Crippen LogP contribution < -0.4 is 0 Å². The Morgan fingerprint density at radius 1 is 0.258 bits per heavy atom. The van der Waals surface area contributed by atoms with Crippen LogP contribution in [0.25, 0.3) is 50.1 Å². The molecule has 0 N–H and O–H groups in total. The molecule has 0 heterocycles. The number of nitriles is 6. The van der Waals surface area contributed by atoms with Crippen LogP contribution in [0.3, 0.4) is 0 Å². The Morgan fingerprint density at radius 2 is 0.409 bits per heavy atom. The molecule has 0 atom stereocenters. The van der Waals surface area contributed by atoms with Gasteiger partial charge in [-0.15, -0.1) is 0 Å². The van der Waals surface area contributed by atoms with Crippen molar-refractivity contribution >= 4 is 16.7 Å². The van der Waals surface area contributed by atoms with Crippen molar-refractivity contribution in [3.63, 3.8) is 0 Å². The van der Waals surface area contributed by atoms with Gasteiger partial charge in [-0.05, 0) is 86.5 Å². The zero-order chi connectivity index (χ0) is 49.3. The van der Waals surface area contributed by atoms with Crippen LogP contribution in [-0.2, 0) is 37.1 Å². The molecule has 7 rings (SSSR count). The first-order valence-electron chi connectivity index (χ1n) is 17.2. The summed E-state index contributed by atoms with van der Waals surface area (Å²) in [6.45, 7) is 0. The minimum absolute atomic E-state index is 0.318. The fourth-order valence-electron chi connectivity index (χ4n) is 8.35. The number of hydrogen-bond acceptors (Lipinski definition) is 6. The molecule has 66 heavy (non-hydrogen) atoms. The fraction of sp³-hybridized carbons (Fsp3) is 0.143. The first-order valence-corrected chi connectivity index (χ1v) is 17.2. The Kier molecular flexibility index (Phi) is 9.81. The summed E-state index contributed by atoms with van der Waals surface area (Å²) in [5.74, 6) is 0. The van der Waals surface area contributed by atoms with Gasteiger partial charge in [0, 0.05) is 33.4 Å². The third kappa shape index (κ3) is 6.56. The number of benzene rings is 4. The average Bonchev–Trinajstić information content (AvgIpc) is 3.82. The van der Waals surface area contributed by atoms with E-state index in [1.54, 1.807) is 0 Å². The highest BCUT2D eigenvalue weighted by Gasteiger charge is 2.53. The van der Waals surface area contributed by atoms with E-state index in [9.17, 15) is 111 Å². The monoisotopic (exact) mass is 936 g/mol. The van der Waals surface area contributed by atoms with Crippen molar-refractivity contribution in [2.75, 3.05) is 0 Å². The summed E-state index contributed by atoms with van der Waals surface area (Å²) in [6.07, 6.45) is -36.1. The number of rotatable bonds is 0. The molecule has 330 valence electrons. The molecule has 0 spiro atoms. The van der Waals surface area contributed by atoms with Crippen molar-refractivity contribution in [2.45, 2.75) is 37.1 Å².